The van der Waals surface area contributed by atoms with Crippen molar-refractivity contribution in [3.8, 4) is 0 Å². The van der Waals surface area contributed by atoms with Crippen molar-refractivity contribution in [3.63, 3.8) is 0 Å². The Hall–Kier alpha value is -3.73. The Morgan fingerprint density at radius 3 is 2.67 bits per heavy atom. The number of H-pyrrole nitrogens is 1. The van der Waals surface area contributed by atoms with Gasteiger partial charge >= 0.3 is 0 Å². The molecule has 2 aromatic carbocycles. The van der Waals surface area contributed by atoms with Crippen LogP contribution in [-0.4, -0.2) is 21.0 Å². The third kappa shape index (κ3) is 3.08. The highest BCUT2D eigenvalue weighted by molar-refractivity contribution is 5.88. The predicted molar refractivity (Wildman–Crippen MR) is 122 cm³/mol. The van der Waals surface area contributed by atoms with Gasteiger partial charge in [0.15, 0.2) is 5.65 Å². The average molecular weight is 394 g/mol. The summed E-state index contributed by atoms with van der Waals surface area (Å²) in [4.78, 5) is 27.3. The van der Waals surface area contributed by atoms with Crippen molar-refractivity contribution in [2.24, 2.45) is 0 Å². The van der Waals surface area contributed by atoms with Gasteiger partial charge in [0.05, 0.1) is 5.39 Å². The Balaban J connectivity index is 1.60. The number of hydrogen-bond acceptors (Lipinski definition) is 4. The van der Waals surface area contributed by atoms with Crippen molar-refractivity contribution in [1.29, 1.82) is 0 Å². The zero-order valence-electron chi connectivity index (χ0n) is 17.0. The summed E-state index contributed by atoms with van der Waals surface area (Å²) in [6, 6.07) is 18.5. The number of aromatic nitrogens is 3. The molecule has 0 fully saturated rings. The summed E-state index contributed by atoms with van der Waals surface area (Å²) in [5.41, 5.74) is 5.73. The molecule has 1 atom stereocenters. The number of fused-ring (bicyclic) bond motifs is 2. The third-order valence-corrected chi connectivity index (χ3v) is 5.69. The molecule has 2 aromatic heterocycles. The lowest BCUT2D eigenvalue weighted by Gasteiger charge is -2.23. The molecule has 0 spiro atoms. The zero-order chi connectivity index (χ0) is 20.7. The summed E-state index contributed by atoms with van der Waals surface area (Å²) in [7, 11) is 0. The summed E-state index contributed by atoms with van der Waals surface area (Å²) >= 11 is 0. The molecule has 0 amide bonds. The quantitative estimate of drug-likeness (QED) is 0.538. The average Bonchev–Trinajstić information content (AvgIpc) is 3.08. The van der Waals surface area contributed by atoms with Crippen molar-refractivity contribution in [2.45, 2.75) is 26.3 Å². The molecule has 0 aliphatic carbocycles. The molecule has 1 unspecified atom stereocenters. The number of nitrogens with zero attached hydrogens (tertiary/aromatic N) is 3. The van der Waals surface area contributed by atoms with Crippen LogP contribution in [0, 0.1) is 6.92 Å². The number of pyridine rings is 1. The van der Waals surface area contributed by atoms with Gasteiger partial charge in [-0.2, -0.15) is 4.98 Å². The van der Waals surface area contributed by atoms with Gasteiger partial charge in [-0.3, -0.25) is 9.78 Å². The minimum atomic E-state index is -0.177. The number of para-hydroxylation sites is 1. The minimum Gasteiger partial charge on any atom is -0.309 e. The van der Waals surface area contributed by atoms with E-state index in [2.05, 4.69) is 53.0 Å². The molecule has 0 bridgehead atoms. The number of hydrogen-bond donors (Lipinski definition) is 1. The molecule has 1 N–H and O–H groups in total. The van der Waals surface area contributed by atoms with Gasteiger partial charge < -0.3 is 4.90 Å². The van der Waals surface area contributed by atoms with Crippen molar-refractivity contribution < 1.29 is 0 Å². The highest BCUT2D eigenvalue weighted by Gasteiger charge is 2.28. The van der Waals surface area contributed by atoms with Crippen LogP contribution in [0.2, 0.25) is 0 Å². The summed E-state index contributed by atoms with van der Waals surface area (Å²) in [5, 5.41) is 0.506. The highest BCUT2D eigenvalue weighted by Crippen LogP contribution is 2.36. The predicted octanol–water partition coefficient (Wildman–Crippen LogP) is 4.88. The van der Waals surface area contributed by atoms with E-state index in [4.69, 9.17) is 4.98 Å². The van der Waals surface area contributed by atoms with Crippen LogP contribution in [0.5, 0.6) is 0 Å². The van der Waals surface area contributed by atoms with Crippen molar-refractivity contribution in [1.82, 2.24) is 15.0 Å². The normalized spacial score (nSPS) is 15.8. The van der Waals surface area contributed by atoms with E-state index in [-0.39, 0.29) is 11.6 Å². The molecule has 5 heteroatoms. The lowest BCUT2D eigenvalue weighted by atomic mass is 10.1. The second-order valence-electron chi connectivity index (χ2n) is 7.73. The second-order valence-corrected chi connectivity index (χ2v) is 7.73. The van der Waals surface area contributed by atoms with Gasteiger partial charge in [0.25, 0.3) is 5.56 Å². The van der Waals surface area contributed by atoms with E-state index in [0.717, 1.165) is 23.2 Å². The fourth-order valence-corrected chi connectivity index (χ4v) is 4.17. The standard InChI is InChI=1S/C25H22N4O/c1-16-7-3-4-8-18(16)11-12-19-13-14-26-23-22(19)24(30)28-25(27-23)29-17(2)15-20-9-5-6-10-21(20)29/h3-14,17H,15H2,1-2H3,(H,26,27,28,30)/b12-11+. The molecular weight excluding hydrogens is 372 g/mol. The van der Waals surface area contributed by atoms with E-state index in [0.29, 0.717) is 17.0 Å². The van der Waals surface area contributed by atoms with Crippen LogP contribution in [0.1, 0.15) is 29.2 Å². The van der Waals surface area contributed by atoms with Gasteiger partial charge in [-0.1, -0.05) is 54.6 Å². The number of rotatable bonds is 3. The van der Waals surface area contributed by atoms with Crippen LogP contribution in [0.3, 0.4) is 0 Å². The highest BCUT2D eigenvalue weighted by atomic mass is 16.1. The maximum absolute atomic E-state index is 13.1. The molecule has 3 heterocycles. The molecule has 0 saturated carbocycles. The topological polar surface area (TPSA) is 61.9 Å². The van der Waals surface area contributed by atoms with Gasteiger partial charge in [0.2, 0.25) is 5.95 Å². The molecule has 5 nitrogen and oxygen atoms in total. The van der Waals surface area contributed by atoms with Crippen LogP contribution >= 0.6 is 0 Å². The summed E-state index contributed by atoms with van der Waals surface area (Å²) in [6.45, 7) is 4.21. The fourth-order valence-electron chi connectivity index (χ4n) is 4.17. The molecule has 148 valence electrons. The first-order chi connectivity index (χ1) is 14.6. The Kier molecular flexibility index (Phi) is 4.43. The van der Waals surface area contributed by atoms with Crippen molar-refractivity contribution in [2.75, 3.05) is 4.90 Å². The molecular formula is C25H22N4O. The maximum Gasteiger partial charge on any atom is 0.262 e. The van der Waals surface area contributed by atoms with E-state index in [9.17, 15) is 4.79 Å². The molecule has 4 aromatic rings. The van der Waals surface area contributed by atoms with Crippen LogP contribution in [0.15, 0.2) is 65.6 Å². The molecule has 5 rings (SSSR count). The Labute approximate surface area is 174 Å². The Bertz CT molecular complexity index is 1340. The van der Waals surface area contributed by atoms with Gasteiger partial charge in [-0.25, -0.2) is 4.98 Å². The minimum absolute atomic E-state index is 0.177. The molecule has 0 radical (unpaired) electrons. The van der Waals surface area contributed by atoms with Crippen LogP contribution in [0.4, 0.5) is 11.6 Å². The number of nitrogens with one attached hydrogen (secondary N) is 1. The lowest BCUT2D eigenvalue weighted by Crippen LogP contribution is -2.28. The summed E-state index contributed by atoms with van der Waals surface area (Å²) in [5.74, 6) is 0.539. The largest absolute Gasteiger partial charge is 0.309 e. The van der Waals surface area contributed by atoms with Gasteiger partial charge in [-0.15, -0.1) is 0 Å². The number of aryl methyl sites for hydroxylation is 1. The molecule has 0 saturated heterocycles. The van der Waals surface area contributed by atoms with Gasteiger partial charge in [0, 0.05) is 17.9 Å². The van der Waals surface area contributed by atoms with Crippen molar-refractivity contribution in [3.05, 3.63) is 93.4 Å². The third-order valence-electron chi connectivity index (χ3n) is 5.69. The van der Waals surface area contributed by atoms with E-state index < -0.39 is 0 Å². The first-order valence-electron chi connectivity index (χ1n) is 10.1. The fraction of sp³-hybridized carbons (Fsp3) is 0.160. The van der Waals surface area contributed by atoms with E-state index in [1.54, 1.807) is 6.20 Å². The van der Waals surface area contributed by atoms with Crippen LogP contribution < -0.4 is 10.5 Å². The molecule has 1 aliphatic heterocycles. The van der Waals surface area contributed by atoms with E-state index in [1.165, 1.54) is 11.1 Å². The van der Waals surface area contributed by atoms with Gasteiger partial charge in [0.1, 0.15) is 0 Å². The Morgan fingerprint density at radius 2 is 1.80 bits per heavy atom. The first-order valence-corrected chi connectivity index (χ1v) is 10.1. The maximum atomic E-state index is 13.1. The second kappa shape index (κ2) is 7.26. The van der Waals surface area contributed by atoms with Crippen LogP contribution in [0.25, 0.3) is 23.2 Å². The number of aromatic amines is 1. The van der Waals surface area contributed by atoms with Gasteiger partial charge in [-0.05, 0) is 54.7 Å². The first kappa shape index (κ1) is 18.3. The molecule has 30 heavy (non-hydrogen) atoms. The van der Waals surface area contributed by atoms with E-state index in [1.807, 2.05) is 42.5 Å². The number of benzene rings is 2. The smallest absolute Gasteiger partial charge is 0.262 e. The SMILES string of the molecule is Cc1ccccc1/C=C/c1ccnc2nc(N3c4ccccc4CC3C)[nH]c(=O)c12. The monoisotopic (exact) mass is 394 g/mol. The number of anilines is 2. The van der Waals surface area contributed by atoms with Crippen molar-refractivity contribution >= 4 is 34.8 Å². The summed E-state index contributed by atoms with van der Waals surface area (Å²) in [6.07, 6.45) is 6.61. The lowest BCUT2D eigenvalue weighted by molar-refractivity contribution is 0.740. The molecule has 1 aliphatic rings. The zero-order valence-corrected chi connectivity index (χ0v) is 17.0. The van der Waals surface area contributed by atoms with Crippen LogP contribution in [-0.2, 0) is 6.42 Å². The Morgan fingerprint density at radius 1 is 1.03 bits per heavy atom. The van der Waals surface area contributed by atoms with E-state index >= 15 is 0 Å². The summed E-state index contributed by atoms with van der Waals surface area (Å²) < 4.78 is 0.